The van der Waals surface area contributed by atoms with Crippen LogP contribution in [0.3, 0.4) is 0 Å². The van der Waals surface area contributed by atoms with Crippen LogP contribution in [0.5, 0.6) is 0 Å². The highest BCUT2D eigenvalue weighted by atomic mass is 31.2. The van der Waals surface area contributed by atoms with E-state index >= 15 is 0 Å². The van der Waals surface area contributed by atoms with Crippen molar-refractivity contribution in [3.8, 4) is 0 Å². The van der Waals surface area contributed by atoms with Gasteiger partial charge in [-0.1, -0.05) is 117 Å². The second-order valence-corrected chi connectivity index (χ2v) is 13.3. The van der Waals surface area contributed by atoms with Crippen LogP contribution in [0, 0.1) is 0 Å². The second-order valence-electron chi connectivity index (χ2n) is 11.8. The lowest BCUT2D eigenvalue weighted by molar-refractivity contribution is -0.870. The third-order valence-electron chi connectivity index (χ3n) is 6.74. The van der Waals surface area contributed by atoms with Gasteiger partial charge in [0.25, 0.3) is 0 Å². The number of unbranched alkanes of at least 4 members (excludes halogenated alkanes) is 16. The van der Waals surface area contributed by atoms with E-state index in [4.69, 9.17) is 18.5 Å². The van der Waals surface area contributed by atoms with Gasteiger partial charge in [-0.2, -0.15) is 0 Å². The molecular formula is C30H65NO6P+. The molecule has 0 aromatic rings. The molecule has 0 aliphatic carbocycles. The maximum atomic E-state index is 12.3. The van der Waals surface area contributed by atoms with E-state index in [1.54, 1.807) is 0 Å². The molecule has 0 aliphatic heterocycles. The molecule has 0 bridgehead atoms. The minimum absolute atomic E-state index is 0.00661. The SMILES string of the molecule is CCCCCCCCCCCOC[C@H](COP(=O)(O)OCC[N+](C)(C)C)OCCCCCCCCCCC. The summed E-state index contributed by atoms with van der Waals surface area (Å²) in [4.78, 5) is 10.1. The van der Waals surface area contributed by atoms with E-state index in [-0.39, 0.29) is 19.3 Å². The molecular weight excluding hydrogens is 501 g/mol. The number of phosphoric ester groups is 1. The Kier molecular flexibility index (Phi) is 25.9. The highest BCUT2D eigenvalue weighted by Crippen LogP contribution is 2.43. The zero-order valence-electron chi connectivity index (χ0n) is 25.9. The average Bonchev–Trinajstić information content (AvgIpc) is 2.85. The molecule has 0 fully saturated rings. The zero-order chi connectivity index (χ0) is 28.4. The first-order valence-corrected chi connectivity index (χ1v) is 17.3. The molecule has 0 aromatic heterocycles. The monoisotopic (exact) mass is 566 g/mol. The van der Waals surface area contributed by atoms with Crippen LogP contribution in [0.15, 0.2) is 0 Å². The summed E-state index contributed by atoms with van der Waals surface area (Å²) < 4.78 is 35.3. The van der Waals surface area contributed by atoms with E-state index < -0.39 is 7.82 Å². The van der Waals surface area contributed by atoms with Gasteiger partial charge in [-0.15, -0.1) is 0 Å². The predicted molar refractivity (Wildman–Crippen MR) is 160 cm³/mol. The molecule has 7 nitrogen and oxygen atoms in total. The van der Waals surface area contributed by atoms with Crippen LogP contribution in [0.4, 0.5) is 0 Å². The highest BCUT2D eigenvalue weighted by Gasteiger charge is 2.25. The Hall–Kier alpha value is -0.0100. The molecule has 0 heterocycles. The molecule has 0 aliphatic rings. The van der Waals surface area contributed by atoms with Gasteiger partial charge in [-0.3, -0.25) is 9.05 Å². The molecule has 0 saturated heterocycles. The third kappa shape index (κ3) is 29.0. The van der Waals surface area contributed by atoms with Crippen LogP contribution in [-0.4, -0.2) is 76.2 Å². The second kappa shape index (κ2) is 25.9. The Bertz CT molecular complexity index is 543. The van der Waals surface area contributed by atoms with Crippen LogP contribution < -0.4 is 0 Å². The van der Waals surface area contributed by atoms with Crippen molar-refractivity contribution in [3.63, 3.8) is 0 Å². The van der Waals surface area contributed by atoms with Gasteiger partial charge >= 0.3 is 7.82 Å². The number of hydrogen-bond acceptors (Lipinski definition) is 5. The van der Waals surface area contributed by atoms with Crippen LogP contribution in [0.25, 0.3) is 0 Å². The molecule has 8 heteroatoms. The van der Waals surface area contributed by atoms with Crippen molar-refractivity contribution in [2.45, 2.75) is 136 Å². The fourth-order valence-corrected chi connectivity index (χ4v) is 4.92. The molecule has 0 amide bonds. The number of quaternary nitrogens is 1. The molecule has 0 spiro atoms. The summed E-state index contributed by atoms with van der Waals surface area (Å²) in [5.41, 5.74) is 0. The smallest absolute Gasteiger partial charge is 0.379 e. The van der Waals surface area contributed by atoms with E-state index in [1.807, 2.05) is 21.1 Å². The predicted octanol–water partition coefficient (Wildman–Crippen LogP) is 8.29. The van der Waals surface area contributed by atoms with Gasteiger partial charge in [-0.05, 0) is 12.8 Å². The van der Waals surface area contributed by atoms with Gasteiger partial charge in [0.1, 0.15) is 19.3 Å². The fraction of sp³-hybridized carbons (Fsp3) is 1.00. The maximum absolute atomic E-state index is 12.3. The molecule has 0 radical (unpaired) electrons. The largest absolute Gasteiger partial charge is 0.472 e. The number of nitrogens with zero attached hydrogens (tertiary/aromatic N) is 1. The van der Waals surface area contributed by atoms with E-state index in [1.165, 1.54) is 96.3 Å². The summed E-state index contributed by atoms with van der Waals surface area (Å²) >= 11 is 0. The van der Waals surface area contributed by atoms with Gasteiger partial charge in [0.15, 0.2) is 0 Å². The normalized spacial score (nSPS) is 14.6. The number of hydrogen-bond donors (Lipinski definition) is 1. The summed E-state index contributed by atoms with van der Waals surface area (Å²) in [6, 6.07) is 0. The molecule has 1 N–H and O–H groups in total. The molecule has 38 heavy (non-hydrogen) atoms. The molecule has 0 aromatic carbocycles. The summed E-state index contributed by atoms with van der Waals surface area (Å²) in [6.45, 7) is 6.95. The molecule has 230 valence electrons. The maximum Gasteiger partial charge on any atom is 0.472 e. The van der Waals surface area contributed by atoms with Crippen molar-refractivity contribution in [1.29, 1.82) is 0 Å². The first kappa shape index (κ1) is 38.0. The van der Waals surface area contributed by atoms with Crippen molar-refractivity contribution in [2.24, 2.45) is 0 Å². The number of ether oxygens (including phenoxy) is 2. The van der Waals surface area contributed by atoms with E-state index in [0.717, 1.165) is 19.3 Å². The minimum Gasteiger partial charge on any atom is -0.379 e. The Morgan fingerprint density at radius 1 is 0.605 bits per heavy atom. The van der Waals surface area contributed by atoms with Gasteiger partial charge in [0, 0.05) is 13.2 Å². The first-order valence-electron chi connectivity index (χ1n) is 15.8. The third-order valence-corrected chi connectivity index (χ3v) is 7.72. The lowest BCUT2D eigenvalue weighted by atomic mass is 10.1. The topological polar surface area (TPSA) is 74.2 Å². The lowest BCUT2D eigenvalue weighted by Crippen LogP contribution is -2.37. The van der Waals surface area contributed by atoms with Crippen LogP contribution in [0.1, 0.15) is 129 Å². The highest BCUT2D eigenvalue weighted by molar-refractivity contribution is 7.47. The van der Waals surface area contributed by atoms with Crippen molar-refractivity contribution < 1.29 is 32.5 Å². The van der Waals surface area contributed by atoms with Crippen molar-refractivity contribution in [3.05, 3.63) is 0 Å². The fourth-order valence-electron chi connectivity index (χ4n) is 4.18. The summed E-state index contributed by atoms with van der Waals surface area (Å²) in [5.74, 6) is 0. The van der Waals surface area contributed by atoms with Crippen LogP contribution in [-0.2, 0) is 23.1 Å². The minimum atomic E-state index is -4.11. The van der Waals surface area contributed by atoms with Gasteiger partial charge in [0.05, 0.1) is 34.4 Å². The zero-order valence-corrected chi connectivity index (χ0v) is 26.8. The summed E-state index contributed by atoms with van der Waals surface area (Å²) in [7, 11) is 1.91. The number of rotatable bonds is 30. The van der Waals surface area contributed by atoms with Crippen LogP contribution >= 0.6 is 7.82 Å². The molecule has 1 unspecified atom stereocenters. The average molecular weight is 567 g/mol. The van der Waals surface area contributed by atoms with Crippen LogP contribution in [0.2, 0.25) is 0 Å². The Labute approximate surface area is 236 Å². The summed E-state index contributed by atoms with van der Waals surface area (Å²) in [5, 5.41) is 0. The van der Waals surface area contributed by atoms with E-state index in [0.29, 0.717) is 30.8 Å². The quantitative estimate of drug-likeness (QED) is 0.0536. The Morgan fingerprint density at radius 2 is 1.05 bits per heavy atom. The Morgan fingerprint density at radius 3 is 1.53 bits per heavy atom. The molecule has 0 saturated carbocycles. The lowest BCUT2D eigenvalue weighted by Gasteiger charge is -2.24. The van der Waals surface area contributed by atoms with Gasteiger partial charge in [-0.25, -0.2) is 4.57 Å². The standard InChI is InChI=1S/C30H64NO6P/c1-6-8-10-12-14-16-18-20-22-25-34-28-30(29-37-38(32,33)36-27-24-31(3,4)5)35-26-23-21-19-17-15-13-11-9-7-2/h30H,6-29H2,1-5H3/p+1/t30-/m1/s1. The Balaban J connectivity index is 4.20. The summed E-state index contributed by atoms with van der Waals surface area (Å²) in [6.07, 6.45) is 22.4. The van der Waals surface area contributed by atoms with E-state index in [2.05, 4.69) is 13.8 Å². The van der Waals surface area contributed by atoms with Crippen molar-refractivity contribution >= 4 is 7.82 Å². The number of likely N-dealkylation sites (N-methyl/N-ethyl adjacent to an activating group) is 1. The van der Waals surface area contributed by atoms with Gasteiger partial charge < -0.3 is 18.9 Å². The van der Waals surface area contributed by atoms with E-state index in [9.17, 15) is 9.46 Å². The van der Waals surface area contributed by atoms with Crippen molar-refractivity contribution in [1.82, 2.24) is 0 Å². The van der Waals surface area contributed by atoms with Crippen molar-refractivity contribution in [2.75, 3.05) is 60.7 Å². The molecule has 0 rings (SSSR count). The number of phosphoric acid groups is 1. The first-order chi connectivity index (χ1) is 18.2. The molecule has 2 atom stereocenters. The van der Waals surface area contributed by atoms with Gasteiger partial charge in [0.2, 0.25) is 0 Å².